The van der Waals surface area contributed by atoms with Crippen LogP contribution >= 0.6 is 0 Å². The summed E-state index contributed by atoms with van der Waals surface area (Å²) in [6.07, 6.45) is 8.88. The van der Waals surface area contributed by atoms with Crippen LogP contribution in [-0.2, 0) is 0 Å². The van der Waals surface area contributed by atoms with E-state index in [9.17, 15) is 9.59 Å². The first-order chi connectivity index (χ1) is 7.18. The first-order valence-corrected chi connectivity index (χ1v) is 5.17. The molecule has 0 amide bonds. The molecule has 1 atom stereocenters. The average molecular weight is 206 g/mol. The standard InChI is InChI=1S/C11H14N2O2/c1-8-7-13(11(15)12-10(8)14)9-5-3-2-4-6-9/h3,5,7,9H,2,4,6H2,1H3,(H,12,14,15). The van der Waals surface area contributed by atoms with Gasteiger partial charge < -0.3 is 0 Å². The van der Waals surface area contributed by atoms with E-state index in [2.05, 4.69) is 11.1 Å². The molecule has 1 heterocycles. The Bertz CT molecular complexity index is 496. The zero-order valence-electron chi connectivity index (χ0n) is 8.69. The van der Waals surface area contributed by atoms with Crippen molar-refractivity contribution < 1.29 is 0 Å². The summed E-state index contributed by atoms with van der Waals surface area (Å²) in [6.45, 7) is 1.71. The van der Waals surface area contributed by atoms with Crippen molar-refractivity contribution in [3.63, 3.8) is 0 Å². The normalized spacial score (nSPS) is 20.5. The van der Waals surface area contributed by atoms with Crippen molar-refractivity contribution >= 4 is 0 Å². The summed E-state index contributed by atoms with van der Waals surface area (Å²) in [4.78, 5) is 25.1. The summed E-state index contributed by atoms with van der Waals surface area (Å²) in [7, 11) is 0. The van der Waals surface area contributed by atoms with E-state index >= 15 is 0 Å². The molecule has 4 heteroatoms. The van der Waals surface area contributed by atoms with Gasteiger partial charge in [-0.2, -0.15) is 0 Å². The molecule has 15 heavy (non-hydrogen) atoms. The van der Waals surface area contributed by atoms with Crippen molar-refractivity contribution in [3.05, 3.63) is 44.8 Å². The summed E-state index contributed by atoms with van der Waals surface area (Å²) < 4.78 is 1.60. The smallest absolute Gasteiger partial charge is 0.293 e. The Hall–Kier alpha value is -1.58. The van der Waals surface area contributed by atoms with E-state index in [0.29, 0.717) is 5.56 Å². The first-order valence-electron chi connectivity index (χ1n) is 5.17. The van der Waals surface area contributed by atoms with Crippen LogP contribution in [-0.4, -0.2) is 9.55 Å². The van der Waals surface area contributed by atoms with Crippen molar-refractivity contribution in [2.75, 3.05) is 0 Å². The minimum Gasteiger partial charge on any atom is -0.293 e. The number of nitrogens with zero attached hydrogens (tertiary/aromatic N) is 1. The number of hydrogen-bond acceptors (Lipinski definition) is 2. The van der Waals surface area contributed by atoms with Gasteiger partial charge in [0, 0.05) is 11.8 Å². The van der Waals surface area contributed by atoms with Crippen LogP contribution in [0.3, 0.4) is 0 Å². The van der Waals surface area contributed by atoms with Gasteiger partial charge in [-0.1, -0.05) is 12.2 Å². The van der Waals surface area contributed by atoms with Crippen molar-refractivity contribution in [1.29, 1.82) is 0 Å². The van der Waals surface area contributed by atoms with Gasteiger partial charge in [0.2, 0.25) is 0 Å². The molecule has 4 nitrogen and oxygen atoms in total. The molecule has 0 aromatic carbocycles. The first kappa shape index (κ1) is 9.96. The van der Waals surface area contributed by atoms with Crippen molar-refractivity contribution in [3.8, 4) is 0 Å². The Labute approximate surface area is 87.3 Å². The Kier molecular flexibility index (Phi) is 2.58. The second kappa shape index (κ2) is 3.88. The highest BCUT2D eigenvalue weighted by Crippen LogP contribution is 2.20. The SMILES string of the molecule is Cc1cn(C2C=CCCC2)c(=O)[nH]c1=O. The molecular weight excluding hydrogens is 192 g/mol. The van der Waals surface area contributed by atoms with Crippen LogP contribution in [0.4, 0.5) is 0 Å². The largest absolute Gasteiger partial charge is 0.328 e. The highest BCUT2D eigenvalue weighted by atomic mass is 16.2. The Morgan fingerprint density at radius 3 is 2.93 bits per heavy atom. The molecule has 1 N–H and O–H groups in total. The molecule has 80 valence electrons. The van der Waals surface area contributed by atoms with Crippen molar-refractivity contribution in [2.24, 2.45) is 0 Å². The highest BCUT2D eigenvalue weighted by Gasteiger charge is 2.12. The molecule has 0 saturated carbocycles. The van der Waals surface area contributed by atoms with Gasteiger partial charge in [0.05, 0.1) is 6.04 Å². The lowest BCUT2D eigenvalue weighted by Crippen LogP contribution is -2.33. The number of aryl methyl sites for hydroxylation is 1. The van der Waals surface area contributed by atoms with Crippen LogP contribution in [0.2, 0.25) is 0 Å². The summed E-state index contributed by atoms with van der Waals surface area (Å²) in [5, 5.41) is 0. The van der Waals surface area contributed by atoms with E-state index < -0.39 is 0 Å². The molecule has 1 aromatic heterocycles. The highest BCUT2D eigenvalue weighted by molar-refractivity contribution is 5.05. The molecule has 0 bridgehead atoms. The topological polar surface area (TPSA) is 54.9 Å². The van der Waals surface area contributed by atoms with Crippen molar-refractivity contribution in [1.82, 2.24) is 9.55 Å². The molecule has 1 aromatic rings. The van der Waals surface area contributed by atoms with E-state index in [-0.39, 0.29) is 17.3 Å². The van der Waals surface area contributed by atoms with Crippen LogP contribution in [0.1, 0.15) is 30.9 Å². The van der Waals surface area contributed by atoms with Crippen LogP contribution in [0, 0.1) is 6.92 Å². The maximum Gasteiger partial charge on any atom is 0.328 e. The molecule has 1 unspecified atom stereocenters. The average Bonchev–Trinajstić information content (AvgIpc) is 2.25. The van der Waals surface area contributed by atoms with Crippen LogP contribution in [0.25, 0.3) is 0 Å². The van der Waals surface area contributed by atoms with E-state index in [0.717, 1.165) is 19.3 Å². The van der Waals surface area contributed by atoms with Gasteiger partial charge in [-0.3, -0.25) is 14.3 Å². The third-order valence-electron chi connectivity index (χ3n) is 2.73. The molecule has 1 aliphatic carbocycles. The van der Waals surface area contributed by atoms with Gasteiger partial charge in [-0.15, -0.1) is 0 Å². The lowest BCUT2D eigenvalue weighted by atomic mass is 10.0. The summed E-state index contributed by atoms with van der Waals surface area (Å²) >= 11 is 0. The molecule has 1 aliphatic rings. The quantitative estimate of drug-likeness (QED) is 0.700. The number of hydrogen-bond donors (Lipinski definition) is 1. The number of aromatic amines is 1. The fourth-order valence-electron chi connectivity index (χ4n) is 1.86. The summed E-state index contributed by atoms with van der Waals surface area (Å²) in [5.41, 5.74) is -0.0354. The predicted octanol–water partition coefficient (Wildman–Crippen LogP) is 1.13. The van der Waals surface area contributed by atoms with Gasteiger partial charge in [0.15, 0.2) is 0 Å². The monoisotopic (exact) mass is 206 g/mol. The number of allylic oxidation sites excluding steroid dienone is 2. The molecule has 0 saturated heterocycles. The van der Waals surface area contributed by atoms with E-state index in [1.807, 2.05) is 6.08 Å². The minimum absolute atomic E-state index is 0.0989. The van der Waals surface area contributed by atoms with E-state index in [1.165, 1.54) is 0 Å². The number of nitrogens with one attached hydrogen (secondary N) is 1. The molecule has 0 spiro atoms. The lowest BCUT2D eigenvalue weighted by Gasteiger charge is -2.18. The van der Waals surface area contributed by atoms with Gasteiger partial charge in [-0.05, 0) is 26.2 Å². The third-order valence-corrected chi connectivity index (χ3v) is 2.73. The maximum atomic E-state index is 11.6. The van der Waals surface area contributed by atoms with Crippen LogP contribution < -0.4 is 11.2 Å². The fraction of sp³-hybridized carbons (Fsp3) is 0.455. The van der Waals surface area contributed by atoms with Gasteiger partial charge in [0.25, 0.3) is 5.56 Å². The number of rotatable bonds is 1. The fourth-order valence-corrected chi connectivity index (χ4v) is 1.86. The zero-order valence-corrected chi connectivity index (χ0v) is 8.69. The molecule has 0 radical (unpaired) electrons. The Morgan fingerprint density at radius 1 is 1.47 bits per heavy atom. The maximum absolute atomic E-state index is 11.6. The molecule has 0 fully saturated rings. The van der Waals surface area contributed by atoms with Gasteiger partial charge >= 0.3 is 5.69 Å². The Morgan fingerprint density at radius 2 is 2.27 bits per heavy atom. The second-order valence-corrected chi connectivity index (χ2v) is 3.91. The summed E-state index contributed by atoms with van der Waals surface area (Å²) in [6, 6.07) is 0.0989. The van der Waals surface area contributed by atoms with Gasteiger partial charge in [0.1, 0.15) is 0 Å². The Balaban J connectivity index is 2.48. The van der Waals surface area contributed by atoms with Crippen LogP contribution in [0.15, 0.2) is 27.9 Å². The van der Waals surface area contributed by atoms with E-state index in [1.54, 1.807) is 17.7 Å². The number of aromatic nitrogens is 2. The lowest BCUT2D eigenvalue weighted by molar-refractivity contribution is 0.493. The zero-order chi connectivity index (χ0) is 10.8. The van der Waals surface area contributed by atoms with Gasteiger partial charge in [-0.25, -0.2) is 4.79 Å². The molecular formula is C11H14N2O2. The summed E-state index contributed by atoms with van der Waals surface area (Å²) in [5.74, 6) is 0. The predicted molar refractivity (Wildman–Crippen MR) is 58.1 cm³/mol. The molecule has 0 aliphatic heterocycles. The minimum atomic E-state index is -0.317. The molecule has 2 rings (SSSR count). The van der Waals surface area contributed by atoms with Crippen molar-refractivity contribution in [2.45, 2.75) is 32.2 Å². The second-order valence-electron chi connectivity index (χ2n) is 3.91. The number of H-pyrrole nitrogens is 1. The third kappa shape index (κ3) is 1.93. The van der Waals surface area contributed by atoms with Crippen LogP contribution in [0.5, 0.6) is 0 Å². The van der Waals surface area contributed by atoms with E-state index in [4.69, 9.17) is 0 Å².